The number of halogens is 1. The van der Waals surface area contributed by atoms with E-state index in [1.165, 1.54) is 12.4 Å². The maximum absolute atomic E-state index is 12.5. The number of hydrogen-bond acceptors (Lipinski definition) is 5. The van der Waals surface area contributed by atoms with Crippen LogP contribution in [0.4, 0.5) is 5.69 Å². The number of benzene rings is 1. The highest BCUT2D eigenvalue weighted by Crippen LogP contribution is 2.27. The van der Waals surface area contributed by atoms with Gasteiger partial charge in [0.15, 0.2) is 0 Å². The molecule has 0 saturated heterocycles. The van der Waals surface area contributed by atoms with Gasteiger partial charge in [0, 0.05) is 17.2 Å². The number of nitrogen functional groups attached to an aromatic ring is 1. The first-order chi connectivity index (χ1) is 9.72. The molecule has 9 heteroatoms. The highest BCUT2D eigenvalue weighted by Gasteiger charge is 2.23. The van der Waals surface area contributed by atoms with Crippen molar-refractivity contribution in [3.05, 3.63) is 34.3 Å². The van der Waals surface area contributed by atoms with E-state index >= 15 is 0 Å². The molecule has 1 heterocycles. The monoisotopic (exact) mass is 373 g/mol. The van der Waals surface area contributed by atoms with Gasteiger partial charge in [0.1, 0.15) is 12.2 Å². The van der Waals surface area contributed by atoms with Crippen LogP contribution >= 0.6 is 15.9 Å². The third-order valence-electron chi connectivity index (χ3n) is 3.05. The van der Waals surface area contributed by atoms with Crippen LogP contribution in [0.15, 0.2) is 27.8 Å². The van der Waals surface area contributed by atoms with E-state index in [9.17, 15) is 8.42 Å². The topological polar surface area (TPSA) is 103 Å². The summed E-state index contributed by atoms with van der Waals surface area (Å²) in [5.74, 6) is 0.529. The molecule has 0 saturated carbocycles. The van der Waals surface area contributed by atoms with Crippen molar-refractivity contribution in [2.75, 3.05) is 5.73 Å². The Morgan fingerprint density at radius 2 is 2.10 bits per heavy atom. The van der Waals surface area contributed by atoms with Crippen LogP contribution in [-0.4, -0.2) is 23.2 Å². The lowest BCUT2D eigenvalue weighted by atomic mass is 10.2. The molecule has 2 aromatic rings. The smallest absolute Gasteiger partial charge is 0.241 e. The van der Waals surface area contributed by atoms with Gasteiger partial charge in [-0.1, -0.05) is 0 Å². The van der Waals surface area contributed by atoms with Crippen LogP contribution in [-0.2, 0) is 17.1 Å². The minimum absolute atomic E-state index is 0.150. The third-order valence-corrected chi connectivity index (χ3v) is 5.42. The second-order valence-corrected chi connectivity index (χ2v) is 7.32. The summed E-state index contributed by atoms with van der Waals surface area (Å²) >= 11 is 3.28. The van der Waals surface area contributed by atoms with Crippen LogP contribution in [0.3, 0.4) is 0 Å². The lowest BCUT2D eigenvalue weighted by Gasteiger charge is -2.15. The van der Waals surface area contributed by atoms with E-state index in [1.807, 2.05) is 0 Å². The standard InChI is InChI=1S/C12H16BrN5O2S/c1-7-4-9(13)10(14)5-11(7)21(19,20)17-8(2)12-16-15-6-18(12)3/h4-6,8,17H,14H2,1-3H3. The molecular formula is C12H16BrN5O2S. The lowest BCUT2D eigenvalue weighted by molar-refractivity contribution is 0.553. The second-order valence-electron chi connectivity index (χ2n) is 4.78. The number of sulfonamides is 1. The molecule has 7 nitrogen and oxygen atoms in total. The van der Waals surface area contributed by atoms with Gasteiger partial charge >= 0.3 is 0 Å². The SMILES string of the molecule is Cc1cc(Br)c(N)cc1S(=O)(=O)NC(C)c1nncn1C. The summed E-state index contributed by atoms with van der Waals surface area (Å²) in [6.07, 6.45) is 1.52. The van der Waals surface area contributed by atoms with Gasteiger partial charge in [-0.15, -0.1) is 10.2 Å². The molecule has 0 spiro atoms. The zero-order valence-corrected chi connectivity index (χ0v) is 14.2. The average molecular weight is 374 g/mol. The first-order valence-electron chi connectivity index (χ1n) is 6.14. The van der Waals surface area contributed by atoms with Crippen molar-refractivity contribution in [1.82, 2.24) is 19.5 Å². The van der Waals surface area contributed by atoms with Crippen LogP contribution in [0.5, 0.6) is 0 Å². The van der Waals surface area contributed by atoms with E-state index in [-0.39, 0.29) is 4.90 Å². The normalized spacial score (nSPS) is 13.3. The fraction of sp³-hybridized carbons (Fsp3) is 0.333. The molecule has 0 aliphatic heterocycles. The highest BCUT2D eigenvalue weighted by molar-refractivity contribution is 9.10. The Bertz CT molecular complexity index is 772. The van der Waals surface area contributed by atoms with Crippen molar-refractivity contribution in [2.45, 2.75) is 24.8 Å². The molecule has 114 valence electrons. The largest absolute Gasteiger partial charge is 0.398 e. The van der Waals surface area contributed by atoms with Gasteiger partial charge in [0.25, 0.3) is 0 Å². The minimum Gasteiger partial charge on any atom is -0.398 e. The summed E-state index contributed by atoms with van der Waals surface area (Å²) < 4.78 is 29.9. The molecule has 1 atom stereocenters. The van der Waals surface area contributed by atoms with Crippen molar-refractivity contribution < 1.29 is 8.42 Å². The molecule has 3 N–H and O–H groups in total. The zero-order chi connectivity index (χ0) is 15.8. The molecule has 0 amide bonds. The fourth-order valence-corrected chi connectivity index (χ4v) is 3.91. The number of hydrogen-bond donors (Lipinski definition) is 2. The number of rotatable bonds is 4. The van der Waals surface area contributed by atoms with Crippen LogP contribution in [0.1, 0.15) is 24.4 Å². The molecule has 0 aliphatic rings. The maximum Gasteiger partial charge on any atom is 0.241 e. The molecule has 0 bridgehead atoms. The van der Waals surface area contributed by atoms with Crippen LogP contribution in [0.2, 0.25) is 0 Å². The highest BCUT2D eigenvalue weighted by atomic mass is 79.9. The maximum atomic E-state index is 12.5. The molecule has 1 unspecified atom stereocenters. The number of aryl methyl sites for hydroxylation is 2. The van der Waals surface area contributed by atoms with Crippen molar-refractivity contribution >= 4 is 31.6 Å². The Balaban J connectivity index is 2.35. The van der Waals surface area contributed by atoms with Gasteiger partial charge in [-0.25, -0.2) is 13.1 Å². The van der Waals surface area contributed by atoms with Gasteiger partial charge in [-0.05, 0) is 47.5 Å². The van der Waals surface area contributed by atoms with Crippen molar-refractivity contribution in [1.29, 1.82) is 0 Å². The van der Waals surface area contributed by atoms with Gasteiger partial charge < -0.3 is 10.3 Å². The van der Waals surface area contributed by atoms with Crippen molar-refractivity contribution in [3.63, 3.8) is 0 Å². The first kappa shape index (κ1) is 15.9. The zero-order valence-electron chi connectivity index (χ0n) is 11.8. The van der Waals surface area contributed by atoms with Crippen LogP contribution < -0.4 is 10.5 Å². The Labute approximate surface area is 131 Å². The Morgan fingerprint density at radius 1 is 1.43 bits per heavy atom. The first-order valence-corrected chi connectivity index (χ1v) is 8.42. The molecule has 0 radical (unpaired) electrons. The third kappa shape index (κ3) is 3.25. The Morgan fingerprint density at radius 3 is 2.67 bits per heavy atom. The van der Waals surface area contributed by atoms with Gasteiger partial charge in [0.2, 0.25) is 10.0 Å². The lowest BCUT2D eigenvalue weighted by Crippen LogP contribution is -2.29. The van der Waals surface area contributed by atoms with Gasteiger partial charge in [-0.3, -0.25) is 0 Å². The van der Waals surface area contributed by atoms with Gasteiger partial charge in [-0.2, -0.15) is 0 Å². The van der Waals surface area contributed by atoms with E-state index < -0.39 is 16.1 Å². The number of nitrogens with one attached hydrogen (secondary N) is 1. The predicted octanol–water partition coefficient (Wildman–Crippen LogP) is 1.51. The Kier molecular flexibility index (Phi) is 4.35. The molecule has 2 rings (SSSR count). The van der Waals surface area contributed by atoms with E-state index in [4.69, 9.17) is 5.73 Å². The van der Waals surface area contributed by atoms with E-state index in [0.717, 1.165) is 0 Å². The summed E-state index contributed by atoms with van der Waals surface area (Å²) in [5.41, 5.74) is 6.74. The average Bonchev–Trinajstić information content (AvgIpc) is 2.79. The molecule has 1 aromatic heterocycles. The molecule has 1 aromatic carbocycles. The van der Waals surface area contributed by atoms with Crippen molar-refractivity contribution in [3.8, 4) is 0 Å². The minimum atomic E-state index is -3.70. The summed E-state index contributed by atoms with van der Waals surface area (Å²) in [5, 5.41) is 7.64. The quantitative estimate of drug-likeness (QED) is 0.790. The molecular weight excluding hydrogens is 358 g/mol. The molecule has 21 heavy (non-hydrogen) atoms. The summed E-state index contributed by atoms with van der Waals surface area (Å²) in [4.78, 5) is 0.150. The van der Waals surface area contributed by atoms with E-state index in [2.05, 4.69) is 30.8 Å². The van der Waals surface area contributed by atoms with Crippen LogP contribution in [0, 0.1) is 6.92 Å². The van der Waals surface area contributed by atoms with Gasteiger partial charge in [0.05, 0.1) is 10.9 Å². The summed E-state index contributed by atoms with van der Waals surface area (Å²) in [6, 6.07) is 2.61. The number of nitrogens with two attached hydrogens (primary N) is 1. The van der Waals surface area contributed by atoms with E-state index in [0.29, 0.717) is 21.5 Å². The van der Waals surface area contributed by atoms with E-state index in [1.54, 1.807) is 31.5 Å². The molecule has 0 aliphatic carbocycles. The number of nitrogens with zero attached hydrogens (tertiary/aromatic N) is 3. The van der Waals surface area contributed by atoms with Crippen LogP contribution in [0.25, 0.3) is 0 Å². The predicted molar refractivity (Wildman–Crippen MR) is 83.0 cm³/mol. The summed E-state index contributed by atoms with van der Waals surface area (Å²) in [7, 11) is -1.95. The number of anilines is 1. The fourth-order valence-electron chi connectivity index (χ4n) is 1.99. The second kappa shape index (κ2) is 5.74. The van der Waals surface area contributed by atoms with Crippen molar-refractivity contribution in [2.24, 2.45) is 7.05 Å². The molecule has 0 fully saturated rings. The summed E-state index contributed by atoms with van der Waals surface area (Å²) in [6.45, 7) is 3.42. The number of aromatic nitrogens is 3. The Hall–Kier alpha value is -1.45.